The van der Waals surface area contributed by atoms with Gasteiger partial charge in [-0.25, -0.2) is 0 Å². The van der Waals surface area contributed by atoms with Crippen molar-refractivity contribution in [2.75, 3.05) is 18.5 Å². The van der Waals surface area contributed by atoms with Crippen LogP contribution in [-0.4, -0.2) is 34.6 Å². The molecule has 1 aromatic rings. The standard InChI is InChI=1S/C10H15NO3/c1-7-2-3-9(10(14)4-7)11-5-8(13)6-12/h2-4,8,11-14H,5-6H2,1H3. The topological polar surface area (TPSA) is 72.7 Å². The molecule has 0 saturated heterocycles. The van der Waals surface area contributed by atoms with Gasteiger partial charge in [-0.05, 0) is 24.6 Å². The number of hydrogen-bond acceptors (Lipinski definition) is 4. The molecule has 0 aliphatic rings. The van der Waals surface area contributed by atoms with Gasteiger partial charge in [0.2, 0.25) is 0 Å². The molecular weight excluding hydrogens is 182 g/mol. The van der Waals surface area contributed by atoms with Crippen molar-refractivity contribution in [3.8, 4) is 5.75 Å². The average Bonchev–Trinajstić information content (AvgIpc) is 2.16. The number of rotatable bonds is 4. The number of aliphatic hydroxyl groups is 2. The summed E-state index contributed by atoms with van der Waals surface area (Å²) in [6.45, 7) is 1.80. The van der Waals surface area contributed by atoms with E-state index in [1.807, 2.05) is 13.0 Å². The third-order valence-electron chi connectivity index (χ3n) is 1.89. The molecular formula is C10H15NO3. The van der Waals surface area contributed by atoms with E-state index < -0.39 is 6.10 Å². The molecule has 4 N–H and O–H groups in total. The van der Waals surface area contributed by atoms with Gasteiger partial charge in [-0.3, -0.25) is 0 Å². The van der Waals surface area contributed by atoms with Gasteiger partial charge in [-0.1, -0.05) is 6.07 Å². The molecule has 0 bridgehead atoms. The van der Waals surface area contributed by atoms with Crippen molar-refractivity contribution < 1.29 is 15.3 Å². The molecule has 0 spiro atoms. The highest BCUT2D eigenvalue weighted by Gasteiger charge is 2.04. The van der Waals surface area contributed by atoms with Gasteiger partial charge in [0.25, 0.3) is 0 Å². The predicted molar refractivity (Wildman–Crippen MR) is 54.4 cm³/mol. The number of aromatic hydroxyl groups is 1. The number of aryl methyl sites for hydroxylation is 1. The molecule has 1 aromatic carbocycles. The summed E-state index contributed by atoms with van der Waals surface area (Å²) < 4.78 is 0. The van der Waals surface area contributed by atoms with E-state index in [-0.39, 0.29) is 18.9 Å². The number of phenolic OH excluding ortho intramolecular Hbond substituents is 1. The van der Waals surface area contributed by atoms with Crippen LogP contribution >= 0.6 is 0 Å². The van der Waals surface area contributed by atoms with E-state index in [0.717, 1.165) is 5.56 Å². The summed E-state index contributed by atoms with van der Waals surface area (Å²) in [5.74, 6) is 0.148. The Balaban J connectivity index is 2.59. The third kappa shape index (κ3) is 2.90. The minimum Gasteiger partial charge on any atom is -0.506 e. The van der Waals surface area contributed by atoms with Crippen LogP contribution in [0.15, 0.2) is 18.2 Å². The minimum absolute atomic E-state index is 0.148. The van der Waals surface area contributed by atoms with E-state index in [1.165, 1.54) is 0 Å². The smallest absolute Gasteiger partial charge is 0.138 e. The van der Waals surface area contributed by atoms with Gasteiger partial charge in [-0.15, -0.1) is 0 Å². The number of hydrogen-bond donors (Lipinski definition) is 4. The summed E-state index contributed by atoms with van der Waals surface area (Å²) in [5.41, 5.74) is 1.53. The van der Waals surface area contributed by atoms with Crippen LogP contribution in [-0.2, 0) is 0 Å². The van der Waals surface area contributed by atoms with Gasteiger partial charge in [0.15, 0.2) is 0 Å². The minimum atomic E-state index is -0.810. The number of phenols is 1. The molecule has 78 valence electrons. The lowest BCUT2D eigenvalue weighted by Crippen LogP contribution is -2.22. The number of nitrogens with one attached hydrogen (secondary N) is 1. The van der Waals surface area contributed by atoms with Crippen molar-refractivity contribution in [3.05, 3.63) is 23.8 Å². The summed E-state index contributed by atoms with van der Waals surface area (Å²) in [6.07, 6.45) is -0.810. The second kappa shape index (κ2) is 4.83. The second-order valence-corrected chi connectivity index (χ2v) is 3.24. The molecule has 1 unspecified atom stereocenters. The van der Waals surface area contributed by atoms with Gasteiger partial charge >= 0.3 is 0 Å². The monoisotopic (exact) mass is 197 g/mol. The summed E-state index contributed by atoms with van der Waals surface area (Å²) in [6, 6.07) is 5.22. The molecule has 4 nitrogen and oxygen atoms in total. The molecule has 0 fully saturated rings. The molecule has 0 radical (unpaired) electrons. The van der Waals surface area contributed by atoms with Crippen molar-refractivity contribution in [2.24, 2.45) is 0 Å². The van der Waals surface area contributed by atoms with Crippen LogP contribution in [0.5, 0.6) is 5.75 Å². The van der Waals surface area contributed by atoms with Crippen LogP contribution in [0.3, 0.4) is 0 Å². The van der Waals surface area contributed by atoms with Crippen molar-refractivity contribution in [3.63, 3.8) is 0 Å². The van der Waals surface area contributed by atoms with E-state index in [9.17, 15) is 5.11 Å². The van der Waals surface area contributed by atoms with E-state index in [4.69, 9.17) is 10.2 Å². The van der Waals surface area contributed by atoms with Crippen molar-refractivity contribution in [1.29, 1.82) is 0 Å². The highest BCUT2D eigenvalue weighted by Crippen LogP contribution is 2.23. The molecule has 1 rings (SSSR count). The number of aliphatic hydroxyl groups excluding tert-OH is 2. The Labute approximate surface area is 82.8 Å². The molecule has 0 amide bonds. The lowest BCUT2D eigenvalue weighted by Gasteiger charge is -2.11. The first-order valence-electron chi connectivity index (χ1n) is 4.46. The van der Waals surface area contributed by atoms with E-state index in [0.29, 0.717) is 5.69 Å². The normalized spacial score (nSPS) is 12.5. The second-order valence-electron chi connectivity index (χ2n) is 3.24. The van der Waals surface area contributed by atoms with Gasteiger partial charge < -0.3 is 20.6 Å². The van der Waals surface area contributed by atoms with Crippen molar-refractivity contribution in [2.45, 2.75) is 13.0 Å². The Morgan fingerprint density at radius 1 is 1.43 bits per heavy atom. The summed E-state index contributed by atoms with van der Waals surface area (Å²) in [7, 11) is 0. The Kier molecular flexibility index (Phi) is 3.73. The maximum Gasteiger partial charge on any atom is 0.138 e. The highest BCUT2D eigenvalue weighted by atomic mass is 16.3. The molecule has 1 atom stereocenters. The van der Waals surface area contributed by atoms with Crippen LogP contribution in [0.1, 0.15) is 5.56 Å². The Hall–Kier alpha value is -1.26. The van der Waals surface area contributed by atoms with Crippen LogP contribution in [0, 0.1) is 6.92 Å². The van der Waals surface area contributed by atoms with E-state index in [1.54, 1.807) is 12.1 Å². The lowest BCUT2D eigenvalue weighted by atomic mass is 10.2. The Morgan fingerprint density at radius 3 is 2.71 bits per heavy atom. The molecule has 0 aliphatic heterocycles. The molecule has 0 aliphatic carbocycles. The van der Waals surface area contributed by atoms with Crippen LogP contribution < -0.4 is 5.32 Å². The Morgan fingerprint density at radius 2 is 2.14 bits per heavy atom. The first-order chi connectivity index (χ1) is 6.63. The van der Waals surface area contributed by atoms with Crippen LogP contribution in [0.2, 0.25) is 0 Å². The molecule has 0 aromatic heterocycles. The fraction of sp³-hybridized carbons (Fsp3) is 0.400. The maximum atomic E-state index is 9.47. The molecule has 0 saturated carbocycles. The van der Waals surface area contributed by atoms with Gasteiger partial charge in [0.1, 0.15) is 5.75 Å². The number of anilines is 1. The fourth-order valence-corrected chi connectivity index (χ4v) is 1.08. The fourth-order valence-electron chi connectivity index (χ4n) is 1.08. The third-order valence-corrected chi connectivity index (χ3v) is 1.89. The van der Waals surface area contributed by atoms with Crippen LogP contribution in [0.4, 0.5) is 5.69 Å². The van der Waals surface area contributed by atoms with Crippen molar-refractivity contribution in [1.82, 2.24) is 0 Å². The van der Waals surface area contributed by atoms with E-state index in [2.05, 4.69) is 5.32 Å². The van der Waals surface area contributed by atoms with Gasteiger partial charge in [0.05, 0.1) is 18.4 Å². The maximum absolute atomic E-state index is 9.47. The first-order valence-corrected chi connectivity index (χ1v) is 4.46. The SMILES string of the molecule is Cc1ccc(NCC(O)CO)c(O)c1. The zero-order valence-electron chi connectivity index (χ0n) is 8.07. The largest absolute Gasteiger partial charge is 0.506 e. The average molecular weight is 197 g/mol. The lowest BCUT2D eigenvalue weighted by molar-refractivity contribution is 0.105. The van der Waals surface area contributed by atoms with Gasteiger partial charge in [-0.2, -0.15) is 0 Å². The zero-order chi connectivity index (χ0) is 10.6. The Bertz CT molecular complexity index is 301. The summed E-state index contributed by atoms with van der Waals surface area (Å²) in [4.78, 5) is 0. The van der Waals surface area contributed by atoms with Gasteiger partial charge in [0, 0.05) is 6.54 Å². The number of benzene rings is 1. The first kappa shape index (κ1) is 10.8. The molecule has 0 heterocycles. The molecule has 14 heavy (non-hydrogen) atoms. The summed E-state index contributed by atoms with van der Waals surface area (Å²) in [5, 5.41) is 29.9. The van der Waals surface area contributed by atoms with E-state index >= 15 is 0 Å². The quantitative estimate of drug-likeness (QED) is 0.529. The zero-order valence-corrected chi connectivity index (χ0v) is 8.07. The highest BCUT2D eigenvalue weighted by molar-refractivity contribution is 5.56. The summed E-state index contributed by atoms with van der Waals surface area (Å²) >= 11 is 0. The molecule has 4 heteroatoms. The van der Waals surface area contributed by atoms with Crippen molar-refractivity contribution >= 4 is 5.69 Å². The van der Waals surface area contributed by atoms with Crippen LogP contribution in [0.25, 0.3) is 0 Å². The predicted octanol–water partition coefficient (Wildman–Crippen LogP) is 0.466.